The molecular weight excluding hydrogens is 184 g/mol. The van der Waals surface area contributed by atoms with Gasteiger partial charge in [-0.05, 0) is 31.8 Å². The van der Waals surface area contributed by atoms with Gasteiger partial charge < -0.3 is 19.3 Å². The Morgan fingerprint density at radius 3 is 3.07 bits per heavy atom. The van der Waals surface area contributed by atoms with Gasteiger partial charge in [-0.2, -0.15) is 0 Å². The fourth-order valence-electron chi connectivity index (χ4n) is 1.21. The van der Waals surface area contributed by atoms with Crippen LogP contribution in [-0.2, 0) is 14.2 Å². The van der Waals surface area contributed by atoms with Gasteiger partial charge in [-0.1, -0.05) is 0 Å². The molecule has 0 bridgehead atoms. The Kier molecular flexibility index (Phi) is 5.59. The van der Waals surface area contributed by atoms with Crippen molar-refractivity contribution in [3.63, 3.8) is 0 Å². The van der Waals surface area contributed by atoms with Crippen LogP contribution in [0.3, 0.4) is 0 Å². The number of rotatable bonds is 5. The van der Waals surface area contributed by atoms with Crippen LogP contribution in [0.25, 0.3) is 0 Å². The Bertz CT molecular complexity index is 173. The standard InChI is InChI=1S/C10H18O4/c1-9(6-11)7-12-8-14-10-4-2-3-5-13-10/h6,10-11H,2-5,7-8H2,1H3/b9-6+. The van der Waals surface area contributed by atoms with E-state index in [1.165, 1.54) is 0 Å². The van der Waals surface area contributed by atoms with Gasteiger partial charge in [0.15, 0.2) is 6.29 Å². The second kappa shape index (κ2) is 6.81. The van der Waals surface area contributed by atoms with Gasteiger partial charge in [-0.15, -0.1) is 0 Å². The smallest absolute Gasteiger partial charge is 0.160 e. The summed E-state index contributed by atoms with van der Waals surface area (Å²) in [6.45, 7) is 3.18. The molecule has 1 rings (SSSR count). The molecule has 14 heavy (non-hydrogen) atoms. The number of aliphatic hydroxyl groups is 1. The average Bonchev–Trinajstić information content (AvgIpc) is 2.25. The van der Waals surface area contributed by atoms with E-state index in [2.05, 4.69) is 0 Å². The summed E-state index contributed by atoms with van der Waals surface area (Å²) in [6, 6.07) is 0. The molecule has 0 spiro atoms. The molecule has 82 valence electrons. The number of hydrogen-bond donors (Lipinski definition) is 1. The van der Waals surface area contributed by atoms with Gasteiger partial charge in [0.05, 0.1) is 12.9 Å². The molecule has 0 aromatic heterocycles. The number of aliphatic hydroxyl groups excluding tert-OH is 1. The van der Waals surface area contributed by atoms with Gasteiger partial charge in [0.1, 0.15) is 6.79 Å². The summed E-state index contributed by atoms with van der Waals surface area (Å²) in [5.74, 6) is 0. The topological polar surface area (TPSA) is 47.9 Å². The van der Waals surface area contributed by atoms with Crippen LogP contribution in [0, 0.1) is 0 Å². The minimum Gasteiger partial charge on any atom is -0.516 e. The van der Waals surface area contributed by atoms with E-state index in [4.69, 9.17) is 19.3 Å². The summed E-state index contributed by atoms with van der Waals surface area (Å²) >= 11 is 0. The van der Waals surface area contributed by atoms with Crippen molar-refractivity contribution >= 4 is 0 Å². The van der Waals surface area contributed by atoms with Gasteiger partial charge in [-0.3, -0.25) is 0 Å². The minimum absolute atomic E-state index is 0.109. The molecule has 0 aromatic carbocycles. The molecule has 0 aliphatic carbocycles. The molecule has 1 saturated heterocycles. The number of hydrogen-bond acceptors (Lipinski definition) is 4. The van der Waals surface area contributed by atoms with E-state index < -0.39 is 0 Å². The molecule has 1 atom stereocenters. The highest BCUT2D eigenvalue weighted by atomic mass is 16.7. The highest BCUT2D eigenvalue weighted by Gasteiger charge is 2.13. The first kappa shape index (κ1) is 11.5. The Morgan fingerprint density at radius 1 is 1.57 bits per heavy atom. The molecular formula is C10H18O4. The first-order valence-corrected chi connectivity index (χ1v) is 4.93. The van der Waals surface area contributed by atoms with E-state index in [9.17, 15) is 0 Å². The van der Waals surface area contributed by atoms with Gasteiger partial charge in [0.25, 0.3) is 0 Å². The summed E-state index contributed by atoms with van der Waals surface area (Å²) in [5, 5.41) is 8.58. The Hall–Kier alpha value is -0.580. The summed E-state index contributed by atoms with van der Waals surface area (Å²) in [6.07, 6.45) is 4.14. The van der Waals surface area contributed by atoms with Crippen LogP contribution in [0.15, 0.2) is 11.8 Å². The molecule has 0 saturated carbocycles. The van der Waals surface area contributed by atoms with Crippen LogP contribution in [0.4, 0.5) is 0 Å². The fraction of sp³-hybridized carbons (Fsp3) is 0.800. The molecule has 4 nitrogen and oxygen atoms in total. The van der Waals surface area contributed by atoms with Crippen LogP contribution in [-0.4, -0.2) is 31.4 Å². The van der Waals surface area contributed by atoms with E-state index in [1.54, 1.807) is 6.92 Å². The Labute approximate surface area is 84.5 Å². The maximum Gasteiger partial charge on any atom is 0.160 e. The second-order valence-electron chi connectivity index (χ2n) is 3.40. The zero-order valence-corrected chi connectivity index (χ0v) is 8.57. The lowest BCUT2D eigenvalue weighted by Gasteiger charge is -2.22. The SMILES string of the molecule is C/C(=C\O)COCOC1CCCCO1. The molecule has 0 radical (unpaired) electrons. The largest absolute Gasteiger partial charge is 0.516 e. The van der Waals surface area contributed by atoms with E-state index in [-0.39, 0.29) is 13.1 Å². The molecule has 1 N–H and O–H groups in total. The van der Waals surface area contributed by atoms with Gasteiger partial charge in [0, 0.05) is 6.61 Å². The zero-order valence-electron chi connectivity index (χ0n) is 8.57. The third kappa shape index (κ3) is 4.60. The quantitative estimate of drug-likeness (QED) is 0.420. The second-order valence-corrected chi connectivity index (χ2v) is 3.40. The summed E-state index contributed by atoms with van der Waals surface area (Å²) in [7, 11) is 0. The van der Waals surface area contributed by atoms with E-state index in [0.717, 1.165) is 37.7 Å². The average molecular weight is 202 g/mol. The van der Waals surface area contributed by atoms with Crippen molar-refractivity contribution in [1.29, 1.82) is 0 Å². The predicted octanol–water partition coefficient (Wildman–Crippen LogP) is 1.97. The first-order chi connectivity index (χ1) is 6.83. The Morgan fingerprint density at radius 2 is 2.43 bits per heavy atom. The molecule has 1 aliphatic heterocycles. The summed E-state index contributed by atoms with van der Waals surface area (Å²) in [4.78, 5) is 0. The number of ether oxygens (including phenoxy) is 3. The molecule has 1 heterocycles. The molecule has 1 unspecified atom stereocenters. The van der Waals surface area contributed by atoms with Gasteiger partial charge in [0.2, 0.25) is 0 Å². The van der Waals surface area contributed by atoms with Crippen molar-refractivity contribution < 1.29 is 19.3 Å². The maximum absolute atomic E-state index is 8.58. The summed E-state index contributed by atoms with van der Waals surface area (Å²) in [5.41, 5.74) is 0.776. The lowest BCUT2D eigenvalue weighted by atomic mass is 10.2. The van der Waals surface area contributed by atoms with Crippen LogP contribution in [0.2, 0.25) is 0 Å². The van der Waals surface area contributed by atoms with Crippen molar-refractivity contribution in [2.24, 2.45) is 0 Å². The highest BCUT2D eigenvalue weighted by Crippen LogP contribution is 2.13. The molecule has 4 heteroatoms. The van der Waals surface area contributed by atoms with Crippen molar-refractivity contribution in [3.05, 3.63) is 11.8 Å². The molecule has 1 aliphatic rings. The Balaban J connectivity index is 1.97. The fourth-order valence-corrected chi connectivity index (χ4v) is 1.21. The molecule has 1 fully saturated rings. The third-order valence-electron chi connectivity index (χ3n) is 2.03. The predicted molar refractivity (Wildman–Crippen MR) is 51.9 cm³/mol. The monoisotopic (exact) mass is 202 g/mol. The van der Waals surface area contributed by atoms with Crippen LogP contribution < -0.4 is 0 Å². The van der Waals surface area contributed by atoms with Gasteiger partial charge in [-0.25, -0.2) is 0 Å². The van der Waals surface area contributed by atoms with Crippen molar-refractivity contribution in [1.82, 2.24) is 0 Å². The minimum atomic E-state index is -0.109. The van der Waals surface area contributed by atoms with Crippen molar-refractivity contribution in [2.45, 2.75) is 32.5 Å². The van der Waals surface area contributed by atoms with E-state index in [0.29, 0.717) is 6.61 Å². The zero-order chi connectivity index (χ0) is 10.2. The van der Waals surface area contributed by atoms with Crippen molar-refractivity contribution in [3.8, 4) is 0 Å². The molecule has 0 aromatic rings. The van der Waals surface area contributed by atoms with Crippen molar-refractivity contribution in [2.75, 3.05) is 20.0 Å². The molecule has 0 amide bonds. The van der Waals surface area contributed by atoms with E-state index in [1.807, 2.05) is 0 Å². The maximum atomic E-state index is 8.58. The van der Waals surface area contributed by atoms with Gasteiger partial charge >= 0.3 is 0 Å². The highest BCUT2D eigenvalue weighted by molar-refractivity contribution is 4.91. The van der Waals surface area contributed by atoms with Crippen LogP contribution in [0.5, 0.6) is 0 Å². The van der Waals surface area contributed by atoms with E-state index >= 15 is 0 Å². The first-order valence-electron chi connectivity index (χ1n) is 4.93. The normalized spacial score (nSPS) is 23.8. The lowest BCUT2D eigenvalue weighted by molar-refractivity contribution is -0.206. The third-order valence-corrected chi connectivity index (χ3v) is 2.03. The lowest BCUT2D eigenvalue weighted by Crippen LogP contribution is -2.23. The summed E-state index contributed by atoms with van der Waals surface area (Å²) < 4.78 is 15.8. The van der Waals surface area contributed by atoms with Crippen LogP contribution in [0.1, 0.15) is 26.2 Å². The van der Waals surface area contributed by atoms with Crippen LogP contribution >= 0.6 is 0 Å².